The first kappa shape index (κ1) is 24.5. The van der Waals surface area contributed by atoms with E-state index in [1.54, 1.807) is 19.1 Å². The van der Waals surface area contributed by atoms with Crippen molar-refractivity contribution in [3.05, 3.63) is 29.7 Å². The van der Waals surface area contributed by atoms with Gasteiger partial charge < -0.3 is 21.1 Å². The lowest BCUT2D eigenvalue weighted by atomic mass is 9.98. The third-order valence-electron chi connectivity index (χ3n) is 5.67. The summed E-state index contributed by atoms with van der Waals surface area (Å²) < 4.78 is 0. The topological polar surface area (TPSA) is 195 Å². The van der Waals surface area contributed by atoms with E-state index >= 15 is 0 Å². The minimum absolute atomic E-state index is 0.0152. The molecule has 0 saturated carbocycles. The first-order chi connectivity index (χ1) is 16.2. The monoisotopic (exact) mass is 473 g/mol. The molecule has 4 atom stereocenters. The van der Waals surface area contributed by atoms with Gasteiger partial charge in [-0.3, -0.25) is 19.3 Å². The second-order valence-electron chi connectivity index (χ2n) is 8.00. The average Bonchev–Trinajstić information content (AvgIpc) is 3.47. The molecular formula is C20H27N9O5. The Hall–Kier alpha value is -4.10. The quantitative estimate of drug-likeness (QED) is 0.314. The molecule has 0 saturated heterocycles. The number of carbonyl (C=O) groups is 4. The molecule has 3 rings (SSSR count). The molecule has 182 valence electrons. The highest BCUT2D eigenvalue weighted by Crippen LogP contribution is 2.30. The van der Waals surface area contributed by atoms with Gasteiger partial charge in [-0.25, -0.2) is 9.78 Å². The number of carbonyl (C=O) groups excluding carboxylic acids is 3. The Morgan fingerprint density at radius 1 is 1.26 bits per heavy atom. The zero-order chi connectivity index (χ0) is 24.8. The van der Waals surface area contributed by atoms with Crippen molar-refractivity contribution in [2.45, 2.75) is 58.3 Å². The van der Waals surface area contributed by atoms with Crippen LogP contribution < -0.4 is 20.9 Å². The van der Waals surface area contributed by atoms with Crippen LogP contribution in [0.2, 0.25) is 0 Å². The highest BCUT2D eigenvalue weighted by atomic mass is 16.4. The highest BCUT2D eigenvalue weighted by molar-refractivity contribution is 6.06. The molecule has 0 aromatic carbocycles. The Morgan fingerprint density at radius 2 is 2.03 bits per heavy atom. The number of pyridine rings is 1. The molecule has 3 heterocycles. The molecule has 1 aliphatic heterocycles. The van der Waals surface area contributed by atoms with Crippen LogP contribution in [0.25, 0.3) is 0 Å². The summed E-state index contributed by atoms with van der Waals surface area (Å²) in [7, 11) is 0. The van der Waals surface area contributed by atoms with Gasteiger partial charge in [0.2, 0.25) is 11.8 Å². The molecule has 0 fully saturated rings. The molecule has 0 spiro atoms. The lowest BCUT2D eigenvalue weighted by Crippen LogP contribution is -2.57. The molecule has 34 heavy (non-hydrogen) atoms. The number of aromatic nitrogens is 5. The standard InChI is InChI=1S/C20H27N9O5/c1-4-10(2)15(24-20(33)34)18(31)23-11(3)19(32)29-13(8-12-6-5-7-21-16(12)29)17(30)22-9-14-25-27-28-26-14/h5-7,10-11,13,15,24H,4,8-9H2,1-3H3,(H,22,30)(H,23,31)(H,33,34)(H,25,26,27,28)/t10-,11?,13?,15-/m0/s1. The van der Waals surface area contributed by atoms with Crippen molar-refractivity contribution in [2.75, 3.05) is 4.90 Å². The van der Waals surface area contributed by atoms with Gasteiger partial charge in [0.15, 0.2) is 5.82 Å². The molecule has 14 heteroatoms. The summed E-state index contributed by atoms with van der Waals surface area (Å²) in [4.78, 5) is 55.8. The molecule has 0 bridgehead atoms. The molecular weight excluding hydrogens is 446 g/mol. The number of hydrogen-bond acceptors (Lipinski definition) is 8. The molecule has 5 N–H and O–H groups in total. The van der Waals surface area contributed by atoms with Gasteiger partial charge in [-0.05, 0) is 24.5 Å². The van der Waals surface area contributed by atoms with Crippen molar-refractivity contribution >= 4 is 29.6 Å². The predicted octanol–water partition coefficient (Wildman–Crippen LogP) is -0.644. The number of anilines is 1. The summed E-state index contributed by atoms with van der Waals surface area (Å²) in [5.74, 6) is -1.31. The number of H-pyrrole nitrogens is 1. The van der Waals surface area contributed by atoms with Crippen molar-refractivity contribution in [2.24, 2.45) is 5.92 Å². The van der Waals surface area contributed by atoms with Gasteiger partial charge >= 0.3 is 6.09 Å². The smallest absolute Gasteiger partial charge is 0.405 e. The number of nitrogens with one attached hydrogen (secondary N) is 4. The van der Waals surface area contributed by atoms with Gasteiger partial charge in [-0.1, -0.05) is 31.5 Å². The second-order valence-corrected chi connectivity index (χ2v) is 8.00. The average molecular weight is 473 g/mol. The maximum absolute atomic E-state index is 13.4. The van der Waals surface area contributed by atoms with Crippen LogP contribution in [0.1, 0.15) is 38.6 Å². The summed E-state index contributed by atoms with van der Waals surface area (Å²) in [6.45, 7) is 5.05. The van der Waals surface area contributed by atoms with E-state index in [2.05, 4.69) is 41.6 Å². The van der Waals surface area contributed by atoms with E-state index in [0.717, 1.165) is 0 Å². The number of rotatable bonds is 9. The largest absolute Gasteiger partial charge is 0.465 e. The van der Waals surface area contributed by atoms with Crippen LogP contribution in [-0.4, -0.2) is 72.7 Å². The molecule has 0 aliphatic carbocycles. The maximum atomic E-state index is 13.4. The van der Waals surface area contributed by atoms with Gasteiger partial charge in [0.25, 0.3) is 5.91 Å². The van der Waals surface area contributed by atoms with Crippen molar-refractivity contribution in [1.29, 1.82) is 0 Å². The van der Waals surface area contributed by atoms with E-state index in [1.165, 1.54) is 18.0 Å². The Bertz CT molecular complexity index is 1040. The minimum atomic E-state index is -1.34. The van der Waals surface area contributed by atoms with E-state index in [1.807, 2.05) is 6.92 Å². The van der Waals surface area contributed by atoms with E-state index < -0.39 is 41.9 Å². The molecule has 4 amide bonds. The molecule has 2 aromatic heterocycles. The molecule has 2 unspecified atom stereocenters. The lowest BCUT2D eigenvalue weighted by Gasteiger charge is -2.28. The van der Waals surface area contributed by atoms with Crippen molar-refractivity contribution in [3.8, 4) is 0 Å². The Morgan fingerprint density at radius 3 is 2.68 bits per heavy atom. The van der Waals surface area contributed by atoms with Crippen LogP contribution in [0.5, 0.6) is 0 Å². The van der Waals surface area contributed by atoms with Crippen LogP contribution in [0.4, 0.5) is 10.6 Å². The summed E-state index contributed by atoms with van der Waals surface area (Å²) in [6.07, 6.45) is 0.962. The zero-order valence-electron chi connectivity index (χ0n) is 19.0. The van der Waals surface area contributed by atoms with Crippen molar-refractivity contribution in [1.82, 2.24) is 41.6 Å². The SMILES string of the molecule is CC[C@H](C)[C@H](NC(=O)O)C(=O)NC(C)C(=O)N1c2ncccc2CC1C(=O)NCc1nn[nH]n1. The molecule has 2 aromatic rings. The number of fused-ring (bicyclic) bond motifs is 1. The first-order valence-corrected chi connectivity index (χ1v) is 10.8. The van der Waals surface area contributed by atoms with E-state index in [9.17, 15) is 19.2 Å². The van der Waals surface area contributed by atoms with E-state index in [0.29, 0.717) is 17.8 Å². The molecule has 14 nitrogen and oxygen atoms in total. The maximum Gasteiger partial charge on any atom is 0.405 e. The van der Waals surface area contributed by atoms with Crippen LogP contribution in [0.3, 0.4) is 0 Å². The van der Waals surface area contributed by atoms with Crippen LogP contribution >= 0.6 is 0 Å². The Balaban J connectivity index is 1.76. The second kappa shape index (κ2) is 10.7. The molecule has 1 aliphatic rings. The fourth-order valence-electron chi connectivity index (χ4n) is 3.67. The fraction of sp³-hybridized carbons (Fsp3) is 0.500. The number of hydrogen-bond donors (Lipinski definition) is 5. The number of amides is 4. The normalized spacial score (nSPS) is 17.3. The van der Waals surface area contributed by atoms with Gasteiger partial charge in [0.05, 0.1) is 6.54 Å². The third-order valence-corrected chi connectivity index (χ3v) is 5.67. The Kier molecular flexibility index (Phi) is 7.71. The van der Waals surface area contributed by atoms with Crippen molar-refractivity contribution in [3.63, 3.8) is 0 Å². The minimum Gasteiger partial charge on any atom is -0.465 e. The number of tetrazole rings is 1. The van der Waals surface area contributed by atoms with Gasteiger partial charge in [0, 0.05) is 12.6 Å². The van der Waals surface area contributed by atoms with Crippen LogP contribution in [-0.2, 0) is 27.3 Å². The van der Waals surface area contributed by atoms with Crippen LogP contribution in [0, 0.1) is 5.92 Å². The highest BCUT2D eigenvalue weighted by Gasteiger charge is 2.41. The summed E-state index contributed by atoms with van der Waals surface area (Å²) >= 11 is 0. The zero-order valence-corrected chi connectivity index (χ0v) is 19.0. The predicted molar refractivity (Wildman–Crippen MR) is 117 cm³/mol. The van der Waals surface area contributed by atoms with E-state index in [4.69, 9.17) is 5.11 Å². The first-order valence-electron chi connectivity index (χ1n) is 10.8. The van der Waals surface area contributed by atoms with Crippen molar-refractivity contribution < 1.29 is 24.3 Å². The number of nitrogens with zero attached hydrogens (tertiary/aromatic N) is 5. The van der Waals surface area contributed by atoms with E-state index in [-0.39, 0.29) is 24.7 Å². The fourth-order valence-corrected chi connectivity index (χ4v) is 3.67. The summed E-state index contributed by atoms with van der Waals surface area (Å²) in [6, 6.07) is 0.506. The number of aromatic amines is 1. The van der Waals surface area contributed by atoms with Gasteiger partial charge in [0.1, 0.15) is 23.9 Å². The number of carboxylic acid groups (broad SMARTS) is 1. The third kappa shape index (κ3) is 5.44. The molecule has 0 radical (unpaired) electrons. The lowest BCUT2D eigenvalue weighted by molar-refractivity contribution is -0.130. The van der Waals surface area contributed by atoms with Gasteiger partial charge in [-0.2, -0.15) is 5.21 Å². The van der Waals surface area contributed by atoms with Crippen LogP contribution in [0.15, 0.2) is 18.3 Å². The summed E-state index contributed by atoms with van der Waals surface area (Å²) in [5.41, 5.74) is 0.708. The summed E-state index contributed by atoms with van der Waals surface area (Å²) in [5, 5.41) is 29.8. The Labute approximate surface area is 194 Å². The van der Waals surface area contributed by atoms with Gasteiger partial charge in [-0.15, -0.1) is 10.2 Å².